The van der Waals surface area contributed by atoms with Crippen molar-refractivity contribution in [2.24, 2.45) is 5.73 Å². The Morgan fingerprint density at radius 3 is 2.63 bits per heavy atom. The van der Waals surface area contributed by atoms with Crippen LogP contribution in [-0.2, 0) is 11.3 Å². The van der Waals surface area contributed by atoms with Crippen LogP contribution >= 0.6 is 0 Å². The molecule has 0 bridgehead atoms. The standard InChI is InChI=1S/C14H15FN2O2/c1-9(14(16)18)17-8-12-6-7-13(19-12)10-2-4-11(15)5-3-10/h2-7,9,17H,8H2,1H3,(H2,16,18). The van der Waals surface area contributed by atoms with Crippen molar-refractivity contribution in [3.8, 4) is 11.3 Å². The lowest BCUT2D eigenvalue weighted by atomic mass is 10.2. The van der Waals surface area contributed by atoms with Crippen LogP contribution in [0, 0.1) is 5.82 Å². The number of rotatable bonds is 5. The molecule has 0 aliphatic rings. The van der Waals surface area contributed by atoms with Crippen molar-refractivity contribution in [1.29, 1.82) is 0 Å². The molecule has 100 valence electrons. The van der Waals surface area contributed by atoms with Gasteiger partial charge < -0.3 is 10.2 Å². The van der Waals surface area contributed by atoms with Crippen molar-refractivity contribution >= 4 is 5.91 Å². The molecule has 0 radical (unpaired) electrons. The van der Waals surface area contributed by atoms with Gasteiger partial charge >= 0.3 is 0 Å². The van der Waals surface area contributed by atoms with Gasteiger partial charge in [0.2, 0.25) is 5.91 Å². The van der Waals surface area contributed by atoms with Gasteiger partial charge in [0.05, 0.1) is 12.6 Å². The van der Waals surface area contributed by atoms with E-state index in [1.165, 1.54) is 12.1 Å². The van der Waals surface area contributed by atoms with Gasteiger partial charge in [0.1, 0.15) is 17.3 Å². The van der Waals surface area contributed by atoms with Gasteiger partial charge in [-0.1, -0.05) is 0 Å². The Kier molecular flexibility index (Phi) is 3.97. The van der Waals surface area contributed by atoms with E-state index in [0.29, 0.717) is 18.1 Å². The Labute approximate surface area is 110 Å². The highest BCUT2D eigenvalue weighted by atomic mass is 19.1. The third-order valence-electron chi connectivity index (χ3n) is 2.80. The SMILES string of the molecule is CC(NCc1ccc(-c2ccc(F)cc2)o1)C(N)=O. The van der Waals surface area contributed by atoms with Crippen LogP contribution in [-0.4, -0.2) is 11.9 Å². The normalized spacial score (nSPS) is 12.3. The lowest BCUT2D eigenvalue weighted by Gasteiger charge is -2.07. The van der Waals surface area contributed by atoms with E-state index in [1.807, 2.05) is 0 Å². The average Bonchev–Trinajstić information content (AvgIpc) is 2.85. The molecule has 0 saturated carbocycles. The molecule has 0 aliphatic heterocycles. The van der Waals surface area contributed by atoms with Crippen molar-refractivity contribution in [2.75, 3.05) is 0 Å². The zero-order valence-corrected chi connectivity index (χ0v) is 10.5. The molecule has 19 heavy (non-hydrogen) atoms. The first-order valence-electron chi connectivity index (χ1n) is 5.93. The summed E-state index contributed by atoms with van der Waals surface area (Å²) in [6.07, 6.45) is 0. The molecule has 2 aromatic rings. The van der Waals surface area contributed by atoms with Crippen molar-refractivity contribution in [1.82, 2.24) is 5.32 Å². The van der Waals surface area contributed by atoms with Crippen molar-refractivity contribution < 1.29 is 13.6 Å². The zero-order chi connectivity index (χ0) is 13.8. The lowest BCUT2D eigenvalue weighted by molar-refractivity contribution is -0.119. The van der Waals surface area contributed by atoms with Gasteiger partial charge in [-0.2, -0.15) is 0 Å². The fourth-order valence-electron chi connectivity index (χ4n) is 1.60. The van der Waals surface area contributed by atoms with Crippen molar-refractivity contribution in [3.63, 3.8) is 0 Å². The summed E-state index contributed by atoms with van der Waals surface area (Å²) in [6.45, 7) is 2.09. The molecule has 0 spiro atoms. The Morgan fingerprint density at radius 2 is 2.00 bits per heavy atom. The maximum Gasteiger partial charge on any atom is 0.234 e. The summed E-state index contributed by atoms with van der Waals surface area (Å²) >= 11 is 0. The number of amides is 1. The van der Waals surface area contributed by atoms with Gasteiger partial charge in [-0.3, -0.25) is 10.1 Å². The molecular weight excluding hydrogens is 247 g/mol. The zero-order valence-electron chi connectivity index (χ0n) is 10.5. The third-order valence-corrected chi connectivity index (χ3v) is 2.80. The number of carbonyl (C=O) groups is 1. The van der Waals surface area contributed by atoms with Crippen LogP contribution in [0.3, 0.4) is 0 Å². The van der Waals surface area contributed by atoms with Crippen LogP contribution in [0.15, 0.2) is 40.8 Å². The molecule has 1 amide bonds. The number of nitrogens with one attached hydrogen (secondary N) is 1. The molecule has 1 unspecified atom stereocenters. The van der Waals surface area contributed by atoms with Gasteiger partial charge in [-0.25, -0.2) is 4.39 Å². The molecule has 1 heterocycles. The van der Waals surface area contributed by atoms with Crippen LogP contribution < -0.4 is 11.1 Å². The first-order chi connectivity index (χ1) is 9.06. The first kappa shape index (κ1) is 13.3. The van der Waals surface area contributed by atoms with Crippen LogP contribution in [0.4, 0.5) is 4.39 Å². The predicted octanol–water partition coefficient (Wildman–Crippen LogP) is 2.05. The Hall–Kier alpha value is -2.14. The van der Waals surface area contributed by atoms with E-state index < -0.39 is 11.9 Å². The molecule has 1 atom stereocenters. The molecule has 5 heteroatoms. The van der Waals surface area contributed by atoms with Gasteiger partial charge in [0.15, 0.2) is 0 Å². The number of hydrogen-bond donors (Lipinski definition) is 2. The number of benzene rings is 1. The Balaban J connectivity index is 2.03. The van der Waals surface area contributed by atoms with E-state index in [9.17, 15) is 9.18 Å². The highest BCUT2D eigenvalue weighted by Gasteiger charge is 2.09. The predicted molar refractivity (Wildman–Crippen MR) is 69.6 cm³/mol. The molecular formula is C14H15FN2O2. The second-order valence-corrected chi connectivity index (χ2v) is 4.28. The smallest absolute Gasteiger partial charge is 0.234 e. The summed E-state index contributed by atoms with van der Waals surface area (Å²) < 4.78 is 18.4. The first-order valence-corrected chi connectivity index (χ1v) is 5.93. The van der Waals surface area contributed by atoms with Crippen LogP contribution in [0.25, 0.3) is 11.3 Å². The minimum absolute atomic E-state index is 0.285. The second-order valence-electron chi connectivity index (χ2n) is 4.28. The molecule has 1 aromatic carbocycles. The van der Waals surface area contributed by atoms with Gasteiger partial charge in [-0.15, -0.1) is 0 Å². The number of furan rings is 1. The number of halogens is 1. The molecule has 0 aliphatic carbocycles. The quantitative estimate of drug-likeness (QED) is 0.866. The van der Waals surface area contributed by atoms with Gasteiger partial charge in [-0.05, 0) is 43.3 Å². The maximum absolute atomic E-state index is 12.8. The fraction of sp³-hybridized carbons (Fsp3) is 0.214. The molecule has 3 N–H and O–H groups in total. The van der Waals surface area contributed by atoms with Gasteiger partial charge in [0.25, 0.3) is 0 Å². The number of primary amides is 1. The average molecular weight is 262 g/mol. The maximum atomic E-state index is 12.8. The summed E-state index contributed by atoms with van der Waals surface area (Å²) in [5.74, 6) is 0.647. The minimum Gasteiger partial charge on any atom is -0.460 e. The van der Waals surface area contributed by atoms with Crippen LogP contribution in [0.1, 0.15) is 12.7 Å². The molecule has 2 rings (SSSR count). The lowest BCUT2D eigenvalue weighted by Crippen LogP contribution is -2.38. The highest BCUT2D eigenvalue weighted by molar-refractivity contribution is 5.79. The van der Waals surface area contributed by atoms with Crippen LogP contribution in [0.5, 0.6) is 0 Å². The molecule has 1 aromatic heterocycles. The Bertz CT molecular complexity index is 563. The summed E-state index contributed by atoms with van der Waals surface area (Å²) in [6, 6.07) is 9.25. The van der Waals surface area contributed by atoms with E-state index >= 15 is 0 Å². The molecule has 0 fully saturated rings. The summed E-state index contributed by atoms with van der Waals surface area (Å²) in [5, 5.41) is 2.94. The second kappa shape index (κ2) is 5.67. The van der Waals surface area contributed by atoms with E-state index in [2.05, 4.69) is 5.32 Å². The van der Waals surface area contributed by atoms with Crippen LogP contribution in [0.2, 0.25) is 0 Å². The van der Waals surface area contributed by atoms with Crippen molar-refractivity contribution in [2.45, 2.75) is 19.5 Å². The monoisotopic (exact) mass is 262 g/mol. The number of carbonyl (C=O) groups excluding carboxylic acids is 1. The van der Waals surface area contributed by atoms with Gasteiger partial charge in [0, 0.05) is 5.56 Å². The summed E-state index contributed by atoms with van der Waals surface area (Å²) in [5.41, 5.74) is 5.94. The largest absolute Gasteiger partial charge is 0.460 e. The summed E-state index contributed by atoms with van der Waals surface area (Å²) in [4.78, 5) is 10.9. The third kappa shape index (κ3) is 3.42. The van der Waals surface area contributed by atoms with E-state index in [0.717, 1.165) is 5.56 Å². The van der Waals surface area contributed by atoms with Crippen molar-refractivity contribution in [3.05, 3.63) is 48.0 Å². The van der Waals surface area contributed by atoms with E-state index in [4.69, 9.17) is 10.2 Å². The highest BCUT2D eigenvalue weighted by Crippen LogP contribution is 2.22. The summed E-state index contributed by atoms with van der Waals surface area (Å²) in [7, 11) is 0. The van der Waals surface area contributed by atoms with E-state index in [-0.39, 0.29) is 5.82 Å². The topological polar surface area (TPSA) is 68.3 Å². The Morgan fingerprint density at radius 1 is 1.32 bits per heavy atom. The minimum atomic E-state index is -0.417. The fourth-order valence-corrected chi connectivity index (χ4v) is 1.60. The number of hydrogen-bond acceptors (Lipinski definition) is 3. The van der Waals surface area contributed by atoms with E-state index in [1.54, 1.807) is 31.2 Å². The number of nitrogens with two attached hydrogens (primary N) is 1. The molecule has 4 nitrogen and oxygen atoms in total. The molecule has 0 saturated heterocycles.